The van der Waals surface area contributed by atoms with Crippen LogP contribution in [0.1, 0.15) is 26.3 Å². The number of hydrogen-bond acceptors (Lipinski definition) is 4. The van der Waals surface area contributed by atoms with Gasteiger partial charge in [0.1, 0.15) is 5.52 Å². The molecular weight excluding hydrogens is 328 g/mol. The third-order valence-electron chi connectivity index (χ3n) is 4.57. The summed E-state index contributed by atoms with van der Waals surface area (Å²) >= 11 is 0. The third kappa shape index (κ3) is 2.01. The lowest BCUT2D eigenvalue weighted by Gasteiger charge is -2.18. The quantitative estimate of drug-likeness (QED) is 0.520. The molecule has 1 N–H and O–H groups in total. The number of benzene rings is 3. The van der Waals surface area contributed by atoms with E-state index >= 15 is 0 Å². The van der Waals surface area contributed by atoms with Gasteiger partial charge in [-0.25, -0.2) is 0 Å². The molecule has 5 nitrogen and oxygen atoms in total. The molecule has 0 bridgehead atoms. The van der Waals surface area contributed by atoms with Crippen LogP contribution in [-0.2, 0) is 0 Å². The summed E-state index contributed by atoms with van der Waals surface area (Å²) in [5, 5.41) is 7.62. The molecule has 1 aliphatic rings. The first-order valence-electron chi connectivity index (χ1n) is 8.17. The molecule has 4 aromatic rings. The van der Waals surface area contributed by atoms with E-state index in [9.17, 15) is 9.59 Å². The van der Waals surface area contributed by atoms with Gasteiger partial charge in [-0.15, -0.1) is 0 Å². The fourth-order valence-corrected chi connectivity index (χ4v) is 3.38. The fourth-order valence-electron chi connectivity index (χ4n) is 3.38. The Balaban J connectivity index is 1.67. The van der Waals surface area contributed by atoms with Gasteiger partial charge in [-0.3, -0.25) is 9.59 Å². The van der Waals surface area contributed by atoms with Gasteiger partial charge in [0.05, 0.1) is 16.6 Å². The molecule has 1 aromatic heterocycles. The summed E-state index contributed by atoms with van der Waals surface area (Å²) in [6, 6.07) is 19.5. The van der Waals surface area contributed by atoms with Gasteiger partial charge in [0.2, 0.25) is 0 Å². The van der Waals surface area contributed by atoms with Crippen LogP contribution in [0.2, 0.25) is 0 Å². The number of amides is 1. The van der Waals surface area contributed by atoms with E-state index in [1.165, 1.54) is 0 Å². The molecule has 0 saturated carbocycles. The zero-order valence-corrected chi connectivity index (χ0v) is 13.5. The highest BCUT2D eigenvalue weighted by Gasteiger charge is 2.31. The fraction of sp³-hybridized carbons (Fsp3) is 0. The Hall–Kier alpha value is -3.73. The van der Waals surface area contributed by atoms with Gasteiger partial charge in [-0.2, -0.15) is 0 Å². The maximum atomic E-state index is 13.1. The van der Waals surface area contributed by atoms with Crippen molar-refractivity contribution in [3.63, 3.8) is 0 Å². The second-order valence-corrected chi connectivity index (χ2v) is 6.09. The number of aromatic nitrogens is 1. The summed E-state index contributed by atoms with van der Waals surface area (Å²) in [4.78, 5) is 25.6. The van der Waals surface area contributed by atoms with Crippen molar-refractivity contribution in [3.8, 4) is 11.3 Å². The standard InChI is InChI=1S/C21H12N2O3/c24-19-13-8-4-11-16-18(13)20(26-23-16)14-9-5-10-15(17(14)19)22-21(25)12-6-2-1-3-7-12/h1-11H,(H,22,25). The molecule has 124 valence electrons. The molecular formula is C21H12N2O3. The summed E-state index contributed by atoms with van der Waals surface area (Å²) in [5.41, 5.74) is 3.23. The Bertz CT molecular complexity index is 1190. The van der Waals surface area contributed by atoms with Crippen LogP contribution >= 0.6 is 0 Å². The van der Waals surface area contributed by atoms with E-state index in [1.807, 2.05) is 12.1 Å². The first-order chi connectivity index (χ1) is 12.7. The van der Waals surface area contributed by atoms with Crippen molar-refractivity contribution in [2.45, 2.75) is 0 Å². The molecule has 1 amide bonds. The lowest BCUT2D eigenvalue weighted by atomic mass is 9.87. The predicted molar refractivity (Wildman–Crippen MR) is 97.3 cm³/mol. The Morgan fingerprint density at radius 2 is 1.65 bits per heavy atom. The molecule has 1 heterocycles. The number of rotatable bonds is 2. The Morgan fingerprint density at radius 3 is 2.50 bits per heavy atom. The summed E-state index contributed by atoms with van der Waals surface area (Å²) in [7, 11) is 0. The average Bonchev–Trinajstić information content (AvgIpc) is 3.12. The zero-order valence-electron chi connectivity index (χ0n) is 13.5. The van der Waals surface area contributed by atoms with E-state index in [-0.39, 0.29) is 11.7 Å². The second kappa shape index (κ2) is 5.39. The Morgan fingerprint density at radius 1 is 0.885 bits per heavy atom. The molecule has 0 radical (unpaired) electrons. The molecule has 0 spiro atoms. The van der Waals surface area contributed by atoms with E-state index in [0.717, 1.165) is 5.39 Å². The average molecular weight is 340 g/mol. The maximum Gasteiger partial charge on any atom is 0.255 e. The van der Waals surface area contributed by atoms with Gasteiger partial charge >= 0.3 is 0 Å². The summed E-state index contributed by atoms with van der Waals surface area (Å²) in [6.45, 7) is 0. The topological polar surface area (TPSA) is 72.2 Å². The van der Waals surface area contributed by atoms with Crippen molar-refractivity contribution < 1.29 is 14.1 Å². The van der Waals surface area contributed by atoms with Crippen LogP contribution in [0, 0.1) is 0 Å². The van der Waals surface area contributed by atoms with Crippen molar-refractivity contribution in [3.05, 3.63) is 83.4 Å². The number of nitrogens with zero attached hydrogens (tertiary/aromatic N) is 1. The van der Waals surface area contributed by atoms with Crippen LogP contribution in [0.25, 0.3) is 22.2 Å². The number of carbonyl (C=O) groups is 2. The number of hydrogen-bond donors (Lipinski definition) is 1. The number of carbonyl (C=O) groups excluding carboxylic acids is 2. The SMILES string of the molecule is O=C(Nc1cccc2c1C(=O)c1cccc3noc-2c13)c1ccccc1. The number of ketones is 1. The highest BCUT2D eigenvalue weighted by atomic mass is 16.5. The summed E-state index contributed by atoms with van der Waals surface area (Å²) in [6.07, 6.45) is 0. The molecule has 0 unspecified atom stereocenters. The van der Waals surface area contributed by atoms with E-state index < -0.39 is 0 Å². The number of anilines is 1. The number of nitrogens with one attached hydrogen (secondary N) is 1. The van der Waals surface area contributed by atoms with Crippen molar-refractivity contribution in [1.82, 2.24) is 5.16 Å². The normalized spacial score (nSPS) is 12.1. The monoisotopic (exact) mass is 340 g/mol. The van der Waals surface area contributed by atoms with E-state index in [4.69, 9.17) is 4.52 Å². The van der Waals surface area contributed by atoms with Gasteiger partial charge < -0.3 is 9.84 Å². The maximum absolute atomic E-state index is 13.1. The molecule has 0 fully saturated rings. The highest BCUT2D eigenvalue weighted by Crippen LogP contribution is 2.41. The largest absolute Gasteiger partial charge is 0.355 e. The van der Waals surface area contributed by atoms with E-state index in [2.05, 4.69) is 10.5 Å². The second-order valence-electron chi connectivity index (χ2n) is 6.09. The van der Waals surface area contributed by atoms with Gasteiger partial charge in [0.15, 0.2) is 11.5 Å². The molecule has 0 saturated heterocycles. The minimum Gasteiger partial charge on any atom is -0.355 e. The Kier molecular flexibility index (Phi) is 3.03. The molecule has 26 heavy (non-hydrogen) atoms. The molecule has 0 aliphatic heterocycles. The van der Waals surface area contributed by atoms with Crippen molar-refractivity contribution >= 4 is 28.3 Å². The molecule has 5 heteroatoms. The number of fused-ring (bicyclic) bond motifs is 2. The highest BCUT2D eigenvalue weighted by molar-refractivity contribution is 6.27. The van der Waals surface area contributed by atoms with E-state index in [0.29, 0.717) is 39.2 Å². The zero-order chi connectivity index (χ0) is 17.7. The summed E-state index contributed by atoms with van der Waals surface area (Å²) in [5.74, 6) is 0.139. The molecule has 0 atom stereocenters. The Labute approximate surface area is 148 Å². The van der Waals surface area contributed by atoms with E-state index in [1.54, 1.807) is 54.6 Å². The van der Waals surface area contributed by atoms with Crippen molar-refractivity contribution in [1.29, 1.82) is 0 Å². The molecule has 5 rings (SSSR count). The van der Waals surface area contributed by atoms with Crippen LogP contribution in [0.3, 0.4) is 0 Å². The van der Waals surface area contributed by atoms with Gasteiger partial charge in [0.25, 0.3) is 5.91 Å². The van der Waals surface area contributed by atoms with Crippen LogP contribution in [-0.4, -0.2) is 16.8 Å². The van der Waals surface area contributed by atoms with Gasteiger partial charge in [-0.05, 0) is 24.3 Å². The van der Waals surface area contributed by atoms with Crippen molar-refractivity contribution in [2.75, 3.05) is 5.32 Å². The first kappa shape index (κ1) is 14.6. The lowest BCUT2D eigenvalue weighted by Crippen LogP contribution is -2.17. The minimum atomic E-state index is -0.270. The van der Waals surface area contributed by atoms with Crippen molar-refractivity contribution in [2.24, 2.45) is 0 Å². The first-order valence-corrected chi connectivity index (χ1v) is 8.17. The lowest BCUT2D eigenvalue weighted by molar-refractivity contribution is 0.102. The van der Waals surface area contributed by atoms with Gasteiger partial charge in [-0.1, -0.05) is 47.6 Å². The minimum absolute atomic E-state index is 0.148. The van der Waals surface area contributed by atoms with Crippen LogP contribution in [0.5, 0.6) is 0 Å². The van der Waals surface area contributed by atoms with Crippen LogP contribution in [0.15, 0.2) is 71.3 Å². The predicted octanol–water partition coefficient (Wildman–Crippen LogP) is 4.29. The molecule has 1 aliphatic carbocycles. The molecule has 3 aromatic carbocycles. The third-order valence-corrected chi connectivity index (χ3v) is 4.57. The summed E-state index contributed by atoms with van der Waals surface area (Å²) < 4.78 is 5.50. The smallest absolute Gasteiger partial charge is 0.255 e. The van der Waals surface area contributed by atoms with Crippen LogP contribution < -0.4 is 5.32 Å². The van der Waals surface area contributed by atoms with Gasteiger partial charge in [0, 0.05) is 16.7 Å². The van der Waals surface area contributed by atoms with Crippen LogP contribution in [0.4, 0.5) is 5.69 Å².